The molecule has 0 aliphatic heterocycles. The minimum Gasteiger partial charge on any atom is -0.781 e. The molecule has 0 saturated heterocycles. The maximum atomic E-state index is 9.29. The molecule has 0 radical (unpaired) electrons. The van der Waals surface area contributed by atoms with Crippen LogP contribution in [-0.2, 0) is 26.9 Å². The fourth-order valence-corrected chi connectivity index (χ4v) is 1.22. The van der Waals surface area contributed by atoms with Crippen LogP contribution >= 0.6 is 33.0 Å². The van der Waals surface area contributed by atoms with Gasteiger partial charge in [0.2, 0.25) is 0 Å². The van der Waals surface area contributed by atoms with Crippen molar-refractivity contribution in [1.29, 1.82) is 0 Å². The molecular formula is CH4O10P4. The van der Waals surface area contributed by atoms with E-state index in [1.807, 2.05) is 0 Å². The molecule has 10 nitrogen and oxygen atoms in total. The molecule has 4 atom stereocenters. The monoisotopic (exact) mass is 300 g/mol. The Bertz CT molecular complexity index is 196. The van der Waals surface area contributed by atoms with Gasteiger partial charge in [-0.3, -0.25) is 8.62 Å². The molecule has 0 aliphatic carbocycles. The fourth-order valence-electron chi connectivity index (χ4n) is 0.136. The van der Waals surface area contributed by atoms with Gasteiger partial charge in [-0.15, -0.1) is 0 Å². The van der Waals surface area contributed by atoms with E-state index >= 15 is 0 Å². The van der Waals surface area contributed by atoms with Gasteiger partial charge in [-0.05, 0) is 0 Å². The summed E-state index contributed by atoms with van der Waals surface area (Å²) in [6, 6.07) is 0. The van der Waals surface area contributed by atoms with Gasteiger partial charge in [0.15, 0.2) is 0 Å². The summed E-state index contributed by atoms with van der Waals surface area (Å²) in [4.78, 5) is 37.1. The quantitative estimate of drug-likeness (QED) is 0.488. The van der Waals surface area contributed by atoms with Gasteiger partial charge in [-0.25, -0.2) is 0 Å². The average Bonchev–Trinajstić information content (AvgIpc) is 1.79. The van der Waals surface area contributed by atoms with Crippen molar-refractivity contribution in [3.8, 4) is 0 Å². The summed E-state index contributed by atoms with van der Waals surface area (Å²) in [7, 11) is -14.1. The van der Waals surface area contributed by atoms with E-state index in [1.165, 1.54) is 0 Å². The van der Waals surface area contributed by atoms with Gasteiger partial charge < -0.3 is 37.8 Å². The predicted octanol–water partition coefficient (Wildman–Crippen LogP) is -2.91. The van der Waals surface area contributed by atoms with E-state index in [0.717, 1.165) is 0 Å². The van der Waals surface area contributed by atoms with Gasteiger partial charge in [0.25, 0.3) is 0 Å². The summed E-state index contributed by atoms with van der Waals surface area (Å²) < 4.78 is 43.6. The second-order valence-electron chi connectivity index (χ2n) is 1.20. The average molecular weight is 300 g/mol. The van der Waals surface area contributed by atoms with Crippen molar-refractivity contribution >= 4 is 33.0 Å². The first kappa shape index (κ1) is 21.0. The summed E-state index contributed by atoms with van der Waals surface area (Å²) in [5.41, 5.74) is 0. The van der Waals surface area contributed by atoms with Crippen molar-refractivity contribution in [1.82, 2.24) is 0 Å². The third-order valence-corrected chi connectivity index (χ3v) is 3.00. The van der Waals surface area contributed by atoms with Gasteiger partial charge in [-0.2, -0.15) is 0 Å². The Balaban J connectivity index is -0.000000180. The molecular weight excluding hydrogens is 296 g/mol. The second-order valence-corrected chi connectivity index (χ2v) is 4.84. The number of hydrogen-bond donors (Lipinski definition) is 0. The van der Waals surface area contributed by atoms with Crippen molar-refractivity contribution in [2.24, 2.45) is 0 Å². The zero-order chi connectivity index (χ0) is 11.7. The molecule has 0 aliphatic rings. The molecule has 0 aromatic heterocycles. The molecule has 4 unspecified atom stereocenters. The minimum absolute atomic E-state index is 0. The summed E-state index contributed by atoms with van der Waals surface area (Å²) >= 11 is 0. The van der Waals surface area contributed by atoms with Crippen molar-refractivity contribution in [2.75, 3.05) is 0 Å². The van der Waals surface area contributed by atoms with Gasteiger partial charge in [0.05, 0.1) is 0 Å². The van der Waals surface area contributed by atoms with Crippen LogP contribution in [0.25, 0.3) is 0 Å². The first-order valence-electron chi connectivity index (χ1n) is 2.45. The molecule has 0 fully saturated rings. The van der Waals surface area contributed by atoms with Crippen molar-refractivity contribution in [3.05, 3.63) is 7.43 Å². The predicted molar refractivity (Wildman–Crippen MR) is 41.4 cm³/mol. The molecule has 88 valence electrons. The standard InChI is InChI=1S/C.2H4O5P2/c;2*1-6(2)5-7(3)4/h;2*6-7H,(H,1,2)(H,3,4)/q+4;;/p-4. The molecule has 0 aromatic carbocycles. The van der Waals surface area contributed by atoms with Crippen LogP contribution in [0.3, 0.4) is 0 Å². The van der Waals surface area contributed by atoms with Crippen LogP contribution in [0.4, 0.5) is 0 Å². The Hall–Kier alpha value is 0.680. The number of hydrogen-bond acceptors (Lipinski definition) is 10. The maximum absolute atomic E-state index is 9.29. The van der Waals surface area contributed by atoms with E-state index in [-0.39, 0.29) is 7.43 Å². The normalized spacial score (nSPS) is 17.3. The van der Waals surface area contributed by atoms with Gasteiger partial charge >= 0.3 is 7.43 Å². The Morgan fingerprint density at radius 1 is 0.600 bits per heavy atom. The van der Waals surface area contributed by atoms with Crippen LogP contribution in [0.2, 0.25) is 0 Å². The summed E-state index contributed by atoms with van der Waals surface area (Å²) in [5, 5.41) is 0. The Labute approximate surface area is 87.7 Å². The van der Waals surface area contributed by atoms with E-state index in [1.54, 1.807) is 0 Å². The maximum Gasteiger partial charge on any atom is 4.00 e. The SMILES string of the molecule is O=[PH]([O-])O[PH](=O)[O-].O=[PH]([O-])O[PH](=O)[O-].[C+4]. The van der Waals surface area contributed by atoms with E-state index < -0.39 is 33.0 Å². The largest absolute Gasteiger partial charge is 4.00 e. The molecule has 0 aromatic rings. The number of rotatable bonds is 4. The van der Waals surface area contributed by atoms with Crippen LogP contribution in [0.1, 0.15) is 0 Å². The first-order valence-corrected chi connectivity index (χ1v) is 7.35. The van der Waals surface area contributed by atoms with Crippen LogP contribution in [0.5, 0.6) is 0 Å². The minimum atomic E-state index is -3.51. The Morgan fingerprint density at radius 2 is 0.733 bits per heavy atom. The summed E-state index contributed by atoms with van der Waals surface area (Å²) in [6.07, 6.45) is 0. The third-order valence-electron chi connectivity index (χ3n) is 0.333. The van der Waals surface area contributed by atoms with E-state index in [4.69, 9.17) is 0 Å². The van der Waals surface area contributed by atoms with E-state index in [9.17, 15) is 37.8 Å². The second kappa shape index (κ2) is 12.7. The van der Waals surface area contributed by atoms with E-state index in [0.29, 0.717) is 0 Å². The smallest absolute Gasteiger partial charge is 0.781 e. The molecule has 0 rings (SSSR count). The molecule has 15 heavy (non-hydrogen) atoms. The van der Waals surface area contributed by atoms with Crippen LogP contribution in [0.15, 0.2) is 0 Å². The Kier molecular flexibility index (Phi) is 17.9. The van der Waals surface area contributed by atoms with Crippen LogP contribution < -0.4 is 19.6 Å². The molecule has 0 spiro atoms. The summed E-state index contributed by atoms with van der Waals surface area (Å²) in [6.45, 7) is 0. The molecule has 0 amide bonds. The molecule has 14 heteroatoms. The van der Waals surface area contributed by atoms with Crippen LogP contribution in [-0.4, -0.2) is 0 Å². The molecule has 0 saturated carbocycles. The van der Waals surface area contributed by atoms with Crippen molar-refractivity contribution < 1.29 is 46.5 Å². The van der Waals surface area contributed by atoms with Gasteiger partial charge in [0.1, 0.15) is 33.0 Å². The molecule has 0 bridgehead atoms. The zero-order valence-corrected chi connectivity index (χ0v) is 10.6. The van der Waals surface area contributed by atoms with Crippen molar-refractivity contribution in [2.45, 2.75) is 0 Å². The summed E-state index contributed by atoms with van der Waals surface area (Å²) in [5.74, 6) is 0. The first-order chi connectivity index (χ1) is 6.25. The Morgan fingerprint density at radius 3 is 0.733 bits per heavy atom. The van der Waals surface area contributed by atoms with Crippen molar-refractivity contribution in [3.63, 3.8) is 0 Å². The fraction of sp³-hybridized carbons (Fsp3) is 0. The topological polar surface area (TPSA) is 179 Å². The zero-order valence-electron chi connectivity index (χ0n) is 6.58. The molecule has 0 N–H and O–H groups in total. The third kappa shape index (κ3) is 31.3. The van der Waals surface area contributed by atoms with E-state index in [2.05, 4.69) is 8.62 Å². The van der Waals surface area contributed by atoms with Crippen LogP contribution in [0, 0.1) is 7.43 Å². The molecule has 0 heterocycles. The van der Waals surface area contributed by atoms with Gasteiger partial charge in [0, 0.05) is 0 Å². The van der Waals surface area contributed by atoms with Gasteiger partial charge in [-0.1, -0.05) is 0 Å².